The number of likely N-dealkylation sites (tertiary alicyclic amines) is 2. The first-order valence-corrected chi connectivity index (χ1v) is 11.5. The molecule has 0 aliphatic carbocycles. The molecule has 0 bridgehead atoms. The molecule has 2 heterocycles. The average Bonchev–Trinajstić information content (AvgIpc) is 3.42. The van der Waals surface area contributed by atoms with Crippen LogP contribution in [0.3, 0.4) is 0 Å². The van der Waals surface area contributed by atoms with Crippen molar-refractivity contribution in [2.45, 2.75) is 76.6 Å². The molecule has 1 aromatic rings. The van der Waals surface area contributed by atoms with E-state index in [1.807, 2.05) is 30.3 Å². The summed E-state index contributed by atoms with van der Waals surface area (Å²) >= 11 is 0. The maximum atomic E-state index is 13.4. The molecule has 0 spiro atoms. The smallest absolute Gasteiger partial charge is 0.410 e. The largest absolute Gasteiger partial charge is 0.444 e. The molecular weight excluding hydrogens is 424 g/mol. The molecule has 0 aromatic heterocycles. The number of primary amides is 1. The Morgan fingerprint density at radius 3 is 2.24 bits per heavy atom. The van der Waals surface area contributed by atoms with E-state index in [0.717, 1.165) is 5.56 Å². The highest BCUT2D eigenvalue weighted by Gasteiger charge is 2.40. The van der Waals surface area contributed by atoms with Gasteiger partial charge in [0.15, 0.2) is 0 Å². The van der Waals surface area contributed by atoms with Crippen molar-refractivity contribution in [3.8, 4) is 0 Å². The van der Waals surface area contributed by atoms with Crippen LogP contribution in [0.5, 0.6) is 0 Å². The van der Waals surface area contributed by atoms with Gasteiger partial charge in [-0.1, -0.05) is 30.3 Å². The van der Waals surface area contributed by atoms with Gasteiger partial charge in [0.2, 0.25) is 17.7 Å². The number of carbonyl (C=O) groups excluding carboxylic acids is 4. The molecule has 2 aliphatic rings. The van der Waals surface area contributed by atoms with Crippen LogP contribution in [0.25, 0.3) is 0 Å². The van der Waals surface area contributed by atoms with E-state index < -0.39 is 41.6 Å². The number of ether oxygens (including phenoxy) is 1. The first-order chi connectivity index (χ1) is 15.6. The lowest BCUT2D eigenvalue weighted by atomic mass is 10.0. The number of nitrogens with one attached hydrogen (secondary N) is 1. The highest BCUT2D eigenvalue weighted by Crippen LogP contribution is 2.23. The zero-order chi connectivity index (χ0) is 24.2. The molecule has 1 aromatic carbocycles. The van der Waals surface area contributed by atoms with Crippen molar-refractivity contribution in [2.24, 2.45) is 5.73 Å². The average molecular weight is 459 g/mol. The molecule has 9 heteroatoms. The minimum atomic E-state index is -0.874. The fraction of sp³-hybridized carbons (Fsp3) is 0.583. The van der Waals surface area contributed by atoms with Crippen LogP contribution in [0.15, 0.2) is 30.3 Å². The Morgan fingerprint density at radius 2 is 1.64 bits per heavy atom. The quantitative estimate of drug-likeness (QED) is 0.670. The fourth-order valence-electron chi connectivity index (χ4n) is 4.42. The van der Waals surface area contributed by atoms with Crippen molar-refractivity contribution in [1.82, 2.24) is 15.1 Å². The van der Waals surface area contributed by atoms with Gasteiger partial charge in [0.25, 0.3) is 0 Å². The zero-order valence-corrected chi connectivity index (χ0v) is 19.6. The molecule has 0 unspecified atom stereocenters. The highest BCUT2D eigenvalue weighted by atomic mass is 16.6. The molecule has 0 radical (unpaired) electrons. The summed E-state index contributed by atoms with van der Waals surface area (Å²) in [5, 5.41) is 2.86. The van der Waals surface area contributed by atoms with E-state index in [0.29, 0.717) is 38.8 Å². The number of hydrogen-bond donors (Lipinski definition) is 2. The minimum absolute atomic E-state index is 0.270. The number of amides is 4. The second-order valence-electron chi connectivity index (χ2n) is 9.67. The van der Waals surface area contributed by atoms with Crippen molar-refractivity contribution < 1.29 is 23.9 Å². The summed E-state index contributed by atoms with van der Waals surface area (Å²) in [5.74, 6) is -1.28. The first-order valence-electron chi connectivity index (χ1n) is 11.5. The van der Waals surface area contributed by atoms with E-state index in [1.165, 1.54) is 9.80 Å². The molecule has 33 heavy (non-hydrogen) atoms. The summed E-state index contributed by atoms with van der Waals surface area (Å²) in [6, 6.07) is 7.11. The fourth-order valence-corrected chi connectivity index (χ4v) is 4.42. The lowest BCUT2D eigenvalue weighted by Crippen LogP contribution is -2.56. The Balaban J connectivity index is 1.77. The first kappa shape index (κ1) is 24.5. The number of hydrogen-bond acceptors (Lipinski definition) is 5. The monoisotopic (exact) mass is 458 g/mol. The third kappa shape index (κ3) is 6.24. The second kappa shape index (κ2) is 10.2. The van der Waals surface area contributed by atoms with Gasteiger partial charge in [0, 0.05) is 19.5 Å². The summed E-state index contributed by atoms with van der Waals surface area (Å²) < 4.78 is 5.45. The van der Waals surface area contributed by atoms with Crippen LogP contribution in [0.4, 0.5) is 4.79 Å². The zero-order valence-electron chi connectivity index (χ0n) is 19.6. The van der Waals surface area contributed by atoms with E-state index in [2.05, 4.69) is 5.32 Å². The lowest BCUT2D eigenvalue weighted by Gasteiger charge is -2.31. The van der Waals surface area contributed by atoms with E-state index in [-0.39, 0.29) is 12.3 Å². The molecule has 3 rings (SSSR count). The third-order valence-electron chi connectivity index (χ3n) is 5.94. The normalized spacial score (nSPS) is 21.5. The highest BCUT2D eigenvalue weighted by molar-refractivity contribution is 5.94. The number of nitrogens with zero attached hydrogens (tertiary/aromatic N) is 2. The van der Waals surface area contributed by atoms with Gasteiger partial charge in [-0.15, -0.1) is 0 Å². The number of benzene rings is 1. The van der Waals surface area contributed by atoms with Gasteiger partial charge in [-0.05, 0) is 52.0 Å². The molecule has 3 N–H and O–H groups in total. The molecule has 2 saturated heterocycles. The van der Waals surface area contributed by atoms with Crippen molar-refractivity contribution >= 4 is 23.8 Å². The Kier molecular flexibility index (Phi) is 7.61. The number of rotatable bonds is 6. The summed E-state index contributed by atoms with van der Waals surface area (Å²) in [7, 11) is 0. The molecule has 0 saturated carbocycles. The maximum absolute atomic E-state index is 13.4. The third-order valence-corrected chi connectivity index (χ3v) is 5.94. The minimum Gasteiger partial charge on any atom is -0.444 e. The molecular formula is C24H34N4O5. The molecule has 4 amide bonds. The Labute approximate surface area is 194 Å². The number of carbonyl (C=O) groups is 4. The van der Waals surface area contributed by atoms with Crippen molar-refractivity contribution in [3.63, 3.8) is 0 Å². The Hall–Kier alpha value is -3.10. The summed E-state index contributed by atoms with van der Waals surface area (Å²) in [4.78, 5) is 54.0. The molecule has 3 atom stereocenters. The lowest BCUT2D eigenvalue weighted by molar-refractivity contribution is -0.141. The van der Waals surface area contributed by atoms with Gasteiger partial charge in [-0.3, -0.25) is 19.3 Å². The molecule has 2 fully saturated rings. The topological polar surface area (TPSA) is 122 Å². The van der Waals surface area contributed by atoms with Crippen LogP contribution in [0.2, 0.25) is 0 Å². The van der Waals surface area contributed by atoms with Crippen LogP contribution < -0.4 is 11.1 Å². The van der Waals surface area contributed by atoms with Crippen LogP contribution in [-0.4, -0.2) is 70.4 Å². The number of nitrogens with two attached hydrogens (primary N) is 1. The summed E-state index contributed by atoms with van der Waals surface area (Å²) in [6.45, 7) is 6.16. The van der Waals surface area contributed by atoms with Crippen molar-refractivity contribution in [3.05, 3.63) is 35.9 Å². The van der Waals surface area contributed by atoms with E-state index in [1.54, 1.807) is 20.8 Å². The van der Waals surface area contributed by atoms with Gasteiger partial charge in [0.05, 0.1) is 0 Å². The van der Waals surface area contributed by atoms with Gasteiger partial charge in [-0.25, -0.2) is 4.79 Å². The molecule has 9 nitrogen and oxygen atoms in total. The predicted octanol–water partition coefficient (Wildman–Crippen LogP) is 1.59. The summed E-state index contributed by atoms with van der Waals surface area (Å²) in [6.07, 6.45) is 2.09. The van der Waals surface area contributed by atoms with Crippen LogP contribution >= 0.6 is 0 Å². The van der Waals surface area contributed by atoms with E-state index in [9.17, 15) is 19.2 Å². The van der Waals surface area contributed by atoms with Crippen molar-refractivity contribution in [2.75, 3.05) is 13.1 Å². The second-order valence-corrected chi connectivity index (χ2v) is 9.67. The van der Waals surface area contributed by atoms with Gasteiger partial charge >= 0.3 is 6.09 Å². The molecule has 2 aliphatic heterocycles. The van der Waals surface area contributed by atoms with Crippen LogP contribution in [0.1, 0.15) is 52.0 Å². The van der Waals surface area contributed by atoms with Gasteiger partial charge in [-0.2, -0.15) is 0 Å². The SMILES string of the molecule is CC(C)(C)OC(=O)N1CCC[C@H]1C(=O)N[C@@H](Cc1ccccc1)C(=O)N1CCC[C@H]1C(N)=O. The summed E-state index contributed by atoms with van der Waals surface area (Å²) in [5.41, 5.74) is 5.70. The molecule has 180 valence electrons. The maximum Gasteiger partial charge on any atom is 0.410 e. The van der Waals surface area contributed by atoms with Crippen LogP contribution in [-0.2, 0) is 25.5 Å². The van der Waals surface area contributed by atoms with Gasteiger partial charge in [0.1, 0.15) is 23.7 Å². The van der Waals surface area contributed by atoms with Crippen LogP contribution in [0, 0.1) is 0 Å². The Morgan fingerprint density at radius 1 is 1.03 bits per heavy atom. The van der Waals surface area contributed by atoms with Crippen molar-refractivity contribution in [1.29, 1.82) is 0 Å². The standard InChI is InChI=1S/C24H34N4O5/c1-24(2,3)33-23(32)28-14-8-12-19(28)21(30)26-17(15-16-9-5-4-6-10-16)22(31)27-13-7-11-18(27)20(25)29/h4-6,9-10,17-19H,7-8,11-15H2,1-3H3,(H2,25,29)(H,26,30)/t17-,18-,19-/m0/s1. The Bertz CT molecular complexity index is 883. The predicted molar refractivity (Wildman–Crippen MR) is 122 cm³/mol. The van der Waals surface area contributed by atoms with E-state index in [4.69, 9.17) is 10.5 Å². The van der Waals surface area contributed by atoms with Gasteiger partial charge < -0.3 is 20.7 Å². The van der Waals surface area contributed by atoms with E-state index >= 15 is 0 Å².